The molecule has 41 heavy (non-hydrogen) atoms. The van der Waals surface area contributed by atoms with Crippen LogP contribution in [0.25, 0.3) is 0 Å². The number of carbonyl (C=O) groups is 5. The van der Waals surface area contributed by atoms with E-state index in [-0.39, 0.29) is 50.4 Å². The normalized spacial score (nSPS) is 13.6. The molecule has 0 aliphatic rings. The number of primary amides is 1. The van der Waals surface area contributed by atoms with Gasteiger partial charge in [0.1, 0.15) is 23.9 Å². The average molecular weight is 597 g/mol. The molecule has 13 N–H and O–H groups in total. The zero-order chi connectivity index (χ0) is 30.9. The van der Waals surface area contributed by atoms with E-state index < -0.39 is 53.8 Å². The second-order valence-electron chi connectivity index (χ2n) is 9.23. The van der Waals surface area contributed by atoms with E-state index in [2.05, 4.69) is 20.9 Å². The van der Waals surface area contributed by atoms with E-state index in [1.807, 2.05) is 6.26 Å². The van der Waals surface area contributed by atoms with Gasteiger partial charge < -0.3 is 49.1 Å². The number of carboxylic acids is 1. The fourth-order valence-corrected chi connectivity index (χ4v) is 4.07. The molecule has 1 aromatic carbocycles. The van der Waals surface area contributed by atoms with E-state index in [4.69, 9.17) is 22.9 Å². The van der Waals surface area contributed by atoms with E-state index in [0.717, 1.165) is 0 Å². The molecule has 0 heterocycles. The van der Waals surface area contributed by atoms with Crippen LogP contribution in [-0.2, 0) is 30.4 Å². The van der Waals surface area contributed by atoms with Crippen molar-refractivity contribution < 1.29 is 34.2 Å². The highest BCUT2D eigenvalue weighted by Gasteiger charge is 2.30. The third kappa shape index (κ3) is 14.2. The van der Waals surface area contributed by atoms with Gasteiger partial charge in [-0.05, 0) is 55.4 Å². The molecule has 0 bridgehead atoms. The van der Waals surface area contributed by atoms with Gasteiger partial charge >= 0.3 is 5.97 Å². The Bertz CT molecular complexity index is 1070. The van der Waals surface area contributed by atoms with Gasteiger partial charge in [0.15, 0.2) is 5.96 Å². The lowest BCUT2D eigenvalue weighted by molar-refractivity contribution is -0.142. The summed E-state index contributed by atoms with van der Waals surface area (Å²) in [6, 6.07) is 1.20. The minimum Gasteiger partial charge on any atom is -0.508 e. The Kier molecular flexibility index (Phi) is 15.6. The predicted octanol–water partition coefficient (Wildman–Crippen LogP) is -2.13. The molecule has 4 amide bonds. The summed E-state index contributed by atoms with van der Waals surface area (Å²) in [5, 5.41) is 26.6. The molecule has 1 aromatic rings. The molecule has 4 atom stereocenters. The second-order valence-corrected chi connectivity index (χ2v) is 10.2. The summed E-state index contributed by atoms with van der Waals surface area (Å²) in [7, 11) is 0. The van der Waals surface area contributed by atoms with Crippen molar-refractivity contribution in [3.63, 3.8) is 0 Å². The first kappa shape index (κ1) is 35.0. The lowest BCUT2D eigenvalue weighted by atomic mass is 10.0. The van der Waals surface area contributed by atoms with E-state index in [0.29, 0.717) is 17.7 Å². The summed E-state index contributed by atoms with van der Waals surface area (Å²) in [6.07, 6.45) is 2.16. The maximum absolute atomic E-state index is 13.3. The largest absolute Gasteiger partial charge is 0.508 e. The minimum atomic E-state index is -1.43. The van der Waals surface area contributed by atoms with Crippen LogP contribution in [0.3, 0.4) is 0 Å². The number of benzene rings is 1. The minimum absolute atomic E-state index is 0.00865. The number of aromatic hydroxyl groups is 1. The molecule has 228 valence electrons. The Balaban J connectivity index is 3.07. The van der Waals surface area contributed by atoms with Crippen LogP contribution in [0.5, 0.6) is 5.75 Å². The Morgan fingerprint density at radius 3 is 2.02 bits per heavy atom. The summed E-state index contributed by atoms with van der Waals surface area (Å²) in [5.74, 6) is -3.78. The summed E-state index contributed by atoms with van der Waals surface area (Å²) in [4.78, 5) is 65.9. The lowest BCUT2D eigenvalue weighted by Gasteiger charge is -2.25. The Morgan fingerprint density at radius 2 is 1.46 bits per heavy atom. The third-order valence-electron chi connectivity index (χ3n) is 5.85. The van der Waals surface area contributed by atoms with E-state index in [1.54, 1.807) is 0 Å². The van der Waals surface area contributed by atoms with Gasteiger partial charge in [0.05, 0.1) is 6.04 Å². The molecule has 0 saturated heterocycles. The molecular formula is C25H40N8O7S. The third-order valence-corrected chi connectivity index (χ3v) is 6.50. The average Bonchev–Trinajstić information content (AvgIpc) is 2.91. The monoisotopic (exact) mass is 596 g/mol. The first-order valence-corrected chi connectivity index (χ1v) is 14.2. The van der Waals surface area contributed by atoms with Crippen LogP contribution in [0.2, 0.25) is 0 Å². The number of aliphatic carboxylic acids is 1. The fraction of sp³-hybridized carbons (Fsp3) is 0.520. The number of hydrogen-bond donors (Lipinski definition) is 9. The number of hydrogen-bond acceptors (Lipinski definition) is 9. The van der Waals surface area contributed by atoms with Crippen LogP contribution < -0.4 is 38.9 Å². The number of carboxylic acid groups (broad SMARTS) is 1. The molecule has 0 spiro atoms. The van der Waals surface area contributed by atoms with Crippen LogP contribution in [-0.4, -0.2) is 88.5 Å². The Labute approximate surface area is 242 Å². The maximum atomic E-state index is 13.3. The molecule has 0 saturated carbocycles. The van der Waals surface area contributed by atoms with E-state index in [1.165, 1.54) is 36.0 Å². The molecule has 1 rings (SSSR count). The highest BCUT2D eigenvalue weighted by Crippen LogP contribution is 2.13. The van der Waals surface area contributed by atoms with Crippen molar-refractivity contribution in [2.75, 3.05) is 18.6 Å². The lowest BCUT2D eigenvalue weighted by Crippen LogP contribution is -2.57. The second kappa shape index (κ2) is 18.3. The van der Waals surface area contributed by atoms with Gasteiger partial charge in [0.2, 0.25) is 23.6 Å². The molecule has 16 heteroatoms. The van der Waals surface area contributed by atoms with Gasteiger partial charge in [-0.2, -0.15) is 11.8 Å². The van der Waals surface area contributed by atoms with Crippen molar-refractivity contribution in [1.29, 1.82) is 0 Å². The summed E-state index contributed by atoms with van der Waals surface area (Å²) >= 11 is 1.44. The van der Waals surface area contributed by atoms with Gasteiger partial charge in [-0.1, -0.05) is 12.1 Å². The van der Waals surface area contributed by atoms with Gasteiger partial charge in [-0.3, -0.25) is 24.2 Å². The van der Waals surface area contributed by atoms with Gasteiger partial charge in [-0.15, -0.1) is 0 Å². The Morgan fingerprint density at radius 1 is 0.878 bits per heavy atom. The molecule has 0 aliphatic carbocycles. The Hall–Kier alpha value is -4.05. The SMILES string of the molecule is CSCCC(NC(=O)C(N)CCCN=C(N)N)C(=O)NC(Cc1ccc(O)cc1)C(=O)NC(CCC(N)=O)C(=O)O. The number of nitrogens with one attached hydrogen (secondary N) is 3. The standard InChI is InChI=1S/C25H40N8O7S/c1-41-12-10-17(31-21(36)16(26)3-2-11-30-25(28)29)22(37)33-19(13-14-4-6-15(34)7-5-14)23(38)32-18(24(39)40)8-9-20(27)35/h4-7,16-19,34H,2-3,8-13,26H2,1H3,(H2,27,35)(H,31,36)(H,32,38)(H,33,37)(H,39,40)(H4,28,29,30). The number of nitrogens with zero attached hydrogens (tertiary/aromatic N) is 1. The number of aliphatic imine (C=N–C) groups is 1. The van der Waals surface area contributed by atoms with Crippen molar-refractivity contribution >= 4 is 47.3 Å². The molecular weight excluding hydrogens is 556 g/mol. The summed E-state index contributed by atoms with van der Waals surface area (Å²) < 4.78 is 0. The number of carbonyl (C=O) groups excluding carboxylic acids is 4. The number of amides is 4. The number of nitrogens with two attached hydrogens (primary N) is 4. The van der Waals surface area contributed by atoms with Crippen LogP contribution in [0.1, 0.15) is 37.7 Å². The van der Waals surface area contributed by atoms with Gasteiger partial charge in [0.25, 0.3) is 0 Å². The van der Waals surface area contributed by atoms with Crippen molar-refractivity contribution in [2.24, 2.45) is 27.9 Å². The number of guanidine groups is 1. The fourth-order valence-electron chi connectivity index (χ4n) is 3.60. The quantitative estimate of drug-likeness (QED) is 0.0472. The predicted molar refractivity (Wildman–Crippen MR) is 155 cm³/mol. The molecule has 0 aromatic heterocycles. The first-order valence-electron chi connectivity index (χ1n) is 12.8. The molecule has 4 unspecified atom stereocenters. The van der Waals surface area contributed by atoms with Crippen LogP contribution in [0.15, 0.2) is 29.3 Å². The van der Waals surface area contributed by atoms with Gasteiger partial charge in [0, 0.05) is 19.4 Å². The topological polar surface area (TPSA) is 278 Å². The zero-order valence-electron chi connectivity index (χ0n) is 22.9. The number of rotatable bonds is 19. The van der Waals surface area contributed by atoms with Crippen molar-refractivity contribution in [3.8, 4) is 5.75 Å². The van der Waals surface area contributed by atoms with E-state index in [9.17, 15) is 34.2 Å². The maximum Gasteiger partial charge on any atom is 0.326 e. The highest BCUT2D eigenvalue weighted by atomic mass is 32.2. The summed E-state index contributed by atoms with van der Waals surface area (Å²) in [6.45, 7) is 0.282. The zero-order valence-corrected chi connectivity index (χ0v) is 23.7. The number of phenols is 1. The van der Waals surface area contributed by atoms with Gasteiger partial charge in [-0.25, -0.2) is 4.79 Å². The van der Waals surface area contributed by atoms with Crippen LogP contribution in [0, 0.1) is 0 Å². The van der Waals surface area contributed by atoms with Crippen molar-refractivity contribution in [1.82, 2.24) is 16.0 Å². The van der Waals surface area contributed by atoms with Crippen LogP contribution in [0.4, 0.5) is 0 Å². The first-order chi connectivity index (χ1) is 19.3. The van der Waals surface area contributed by atoms with E-state index >= 15 is 0 Å². The molecule has 0 aliphatic heterocycles. The van der Waals surface area contributed by atoms with Crippen LogP contribution >= 0.6 is 11.8 Å². The number of thioether (sulfide) groups is 1. The highest BCUT2D eigenvalue weighted by molar-refractivity contribution is 7.98. The molecule has 15 nitrogen and oxygen atoms in total. The number of phenolic OH excluding ortho intramolecular Hbond substituents is 1. The molecule has 0 radical (unpaired) electrons. The smallest absolute Gasteiger partial charge is 0.326 e. The molecule has 0 fully saturated rings. The van der Waals surface area contributed by atoms with Crippen molar-refractivity contribution in [2.45, 2.75) is 62.7 Å². The summed E-state index contributed by atoms with van der Waals surface area (Å²) in [5.41, 5.74) is 22.2. The van der Waals surface area contributed by atoms with Crippen molar-refractivity contribution in [3.05, 3.63) is 29.8 Å².